The van der Waals surface area contributed by atoms with E-state index in [-0.39, 0.29) is 11.3 Å². The molecule has 1 aliphatic carbocycles. The minimum Gasteiger partial charge on any atom is -0.461 e. The fraction of sp³-hybridized carbons (Fsp3) is 0.417. The highest BCUT2D eigenvalue weighted by atomic mass is 16.5. The van der Waals surface area contributed by atoms with Crippen LogP contribution < -0.4 is 0 Å². The van der Waals surface area contributed by atoms with Gasteiger partial charge in [0.25, 0.3) is 0 Å². The summed E-state index contributed by atoms with van der Waals surface area (Å²) < 4.78 is 4.87. The highest BCUT2D eigenvalue weighted by molar-refractivity contribution is 5.90. The van der Waals surface area contributed by atoms with Gasteiger partial charge in [-0.15, -0.1) is 0 Å². The Hall–Kier alpha value is -1.89. The molecule has 0 radical (unpaired) electrons. The van der Waals surface area contributed by atoms with Crippen molar-refractivity contribution in [3.63, 3.8) is 0 Å². The molecule has 0 aromatic carbocycles. The molecule has 0 amide bonds. The van der Waals surface area contributed by atoms with Gasteiger partial charge in [0.15, 0.2) is 5.69 Å². The van der Waals surface area contributed by atoms with Crippen molar-refractivity contribution < 1.29 is 9.53 Å². The van der Waals surface area contributed by atoms with Crippen LogP contribution in [0.5, 0.6) is 0 Å². The number of esters is 1. The summed E-state index contributed by atoms with van der Waals surface area (Å²) in [5, 5.41) is 8.88. The second kappa shape index (κ2) is 4.31. The van der Waals surface area contributed by atoms with Gasteiger partial charge in [0.1, 0.15) is 6.07 Å². The molecule has 1 heterocycles. The molecule has 0 saturated heterocycles. The van der Waals surface area contributed by atoms with Crippen molar-refractivity contribution in [2.24, 2.45) is 0 Å². The number of rotatable bonds is 3. The molecule has 1 aliphatic rings. The van der Waals surface area contributed by atoms with Gasteiger partial charge in [-0.25, -0.2) is 9.78 Å². The molecular weight excluding hydrogens is 204 g/mol. The molecule has 4 nitrogen and oxygen atoms in total. The van der Waals surface area contributed by atoms with Crippen LogP contribution in [0.4, 0.5) is 0 Å². The van der Waals surface area contributed by atoms with Gasteiger partial charge in [-0.3, -0.25) is 0 Å². The normalized spacial score (nSPS) is 14.2. The summed E-state index contributed by atoms with van der Waals surface area (Å²) in [5.41, 5.74) is 1.32. The Balaban J connectivity index is 2.35. The zero-order valence-corrected chi connectivity index (χ0v) is 9.06. The van der Waals surface area contributed by atoms with Crippen molar-refractivity contribution in [2.45, 2.75) is 25.7 Å². The second-order valence-corrected chi connectivity index (χ2v) is 3.74. The zero-order valence-electron chi connectivity index (χ0n) is 9.06. The summed E-state index contributed by atoms with van der Waals surface area (Å²) in [6.07, 6.45) is 2.22. The van der Waals surface area contributed by atoms with Crippen LogP contribution in [0.1, 0.15) is 47.4 Å². The maximum absolute atomic E-state index is 11.6. The predicted molar refractivity (Wildman–Crippen MR) is 56.9 cm³/mol. The quantitative estimate of drug-likeness (QED) is 0.725. The van der Waals surface area contributed by atoms with Gasteiger partial charge in [0.05, 0.1) is 12.2 Å². The largest absolute Gasteiger partial charge is 0.461 e. The van der Waals surface area contributed by atoms with E-state index >= 15 is 0 Å². The molecule has 0 atom stereocenters. The summed E-state index contributed by atoms with van der Waals surface area (Å²) >= 11 is 0. The van der Waals surface area contributed by atoms with Crippen LogP contribution in [0.3, 0.4) is 0 Å². The smallest absolute Gasteiger partial charge is 0.358 e. The van der Waals surface area contributed by atoms with E-state index in [4.69, 9.17) is 10.00 Å². The fourth-order valence-corrected chi connectivity index (χ4v) is 1.53. The number of carbonyl (C=O) groups excluding carboxylic acids is 1. The first-order chi connectivity index (χ1) is 7.76. The Morgan fingerprint density at radius 3 is 2.94 bits per heavy atom. The van der Waals surface area contributed by atoms with Crippen LogP contribution in [0.25, 0.3) is 0 Å². The third-order valence-electron chi connectivity index (χ3n) is 2.50. The van der Waals surface area contributed by atoms with Crippen molar-refractivity contribution in [1.82, 2.24) is 4.98 Å². The molecule has 0 unspecified atom stereocenters. The third kappa shape index (κ3) is 2.03. The third-order valence-corrected chi connectivity index (χ3v) is 2.50. The van der Waals surface area contributed by atoms with Crippen LogP contribution in [0.15, 0.2) is 12.1 Å². The number of nitrogens with zero attached hydrogens (tertiary/aromatic N) is 2. The molecule has 0 aliphatic heterocycles. The predicted octanol–water partition coefficient (Wildman–Crippen LogP) is 2.01. The highest BCUT2D eigenvalue weighted by Crippen LogP contribution is 2.39. The van der Waals surface area contributed by atoms with Crippen LogP contribution in [0.2, 0.25) is 0 Å². The lowest BCUT2D eigenvalue weighted by molar-refractivity contribution is 0.0519. The molecule has 1 fully saturated rings. The van der Waals surface area contributed by atoms with Gasteiger partial charge in [-0.1, -0.05) is 0 Å². The number of carbonyl (C=O) groups is 1. The number of hydrogen-bond donors (Lipinski definition) is 0. The monoisotopic (exact) mass is 216 g/mol. The molecule has 0 bridgehead atoms. The summed E-state index contributed by atoms with van der Waals surface area (Å²) in [4.78, 5) is 15.8. The lowest BCUT2D eigenvalue weighted by Gasteiger charge is -2.05. The van der Waals surface area contributed by atoms with Crippen molar-refractivity contribution in [1.29, 1.82) is 5.26 Å². The van der Waals surface area contributed by atoms with E-state index < -0.39 is 5.97 Å². The average Bonchev–Trinajstić information content (AvgIpc) is 3.12. The lowest BCUT2D eigenvalue weighted by Crippen LogP contribution is -2.10. The van der Waals surface area contributed by atoms with E-state index in [0.717, 1.165) is 18.5 Å². The number of aromatic nitrogens is 1. The van der Waals surface area contributed by atoms with Gasteiger partial charge in [0, 0.05) is 11.6 Å². The maximum atomic E-state index is 11.6. The molecule has 0 spiro atoms. The minimum atomic E-state index is -0.512. The van der Waals surface area contributed by atoms with Crippen molar-refractivity contribution >= 4 is 5.97 Å². The van der Waals surface area contributed by atoms with E-state index in [9.17, 15) is 4.79 Å². The molecule has 82 valence electrons. The molecule has 16 heavy (non-hydrogen) atoms. The molecular formula is C12H12N2O2. The fourth-order valence-electron chi connectivity index (χ4n) is 1.53. The van der Waals surface area contributed by atoms with Crippen molar-refractivity contribution in [2.75, 3.05) is 6.61 Å². The second-order valence-electron chi connectivity index (χ2n) is 3.74. The standard InChI is InChI=1S/C12H12N2O2/c1-2-16-12(15)11-9(7-13)5-6-10(14-11)8-3-4-8/h5-6,8H,2-4H2,1H3. The Bertz CT molecular complexity index is 459. The van der Waals surface area contributed by atoms with E-state index in [1.165, 1.54) is 0 Å². The number of nitriles is 1. The summed E-state index contributed by atoms with van der Waals surface area (Å²) in [7, 11) is 0. The van der Waals surface area contributed by atoms with Gasteiger partial charge < -0.3 is 4.74 Å². The lowest BCUT2D eigenvalue weighted by atomic mass is 10.1. The van der Waals surface area contributed by atoms with E-state index in [1.54, 1.807) is 13.0 Å². The Kier molecular flexibility index (Phi) is 2.86. The number of ether oxygens (including phenoxy) is 1. The Labute approximate surface area is 93.9 Å². The first-order valence-corrected chi connectivity index (χ1v) is 5.34. The highest BCUT2D eigenvalue weighted by Gasteiger charge is 2.27. The Morgan fingerprint density at radius 2 is 2.38 bits per heavy atom. The molecule has 1 aromatic rings. The van der Waals surface area contributed by atoms with Gasteiger partial charge >= 0.3 is 5.97 Å². The van der Waals surface area contributed by atoms with Gasteiger partial charge in [-0.05, 0) is 31.9 Å². The van der Waals surface area contributed by atoms with Crippen molar-refractivity contribution in [3.8, 4) is 6.07 Å². The molecule has 2 rings (SSSR count). The van der Waals surface area contributed by atoms with Crippen molar-refractivity contribution in [3.05, 3.63) is 29.1 Å². The molecule has 1 aromatic heterocycles. The van der Waals surface area contributed by atoms with Gasteiger partial charge in [-0.2, -0.15) is 5.26 Å². The first-order valence-electron chi connectivity index (χ1n) is 5.34. The topological polar surface area (TPSA) is 63.0 Å². The van der Waals surface area contributed by atoms with E-state index in [2.05, 4.69) is 4.98 Å². The summed E-state index contributed by atoms with van der Waals surface area (Å²) in [6.45, 7) is 2.02. The molecule has 1 saturated carbocycles. The summed E-state index contributed by atoms with van der Waals surface area (Å²) in [6, 6.07) is 5.42. The first kappa shape index (κ1) is 10.6. The van der Waals surface area contributed by atoms with Crippen LogP contribution in [0, 0.1) is 11.3 Å². The van der Waals surface area contributed by atoms with E-state index in [0.29, 0.717) is 12.5 Å². The number of hydrogen-bond acceptors (Lipinski definition) is 4. The SMILES string of the molecule is CCOC(=O)c1nc(C2CC2)ccc1C#N. The minimum absolute atomic E-state index is 0.147. The zero-order chi connectivity index (χ0) is 11.5. The van der Waals surface area contributed by atoms with E-state index in [1.807, 2.05) is 12.1 Å². The van der Waals surface area contributed by atoms with Crippen LogP contribution in [-0.4, -0.2) is 17.6 Å². The van der Waals surface area contributed by atoms with Crippen LogP contribution >= 0.6 is 0 Å². The van der Waals surface area contributed by atoms with Gasteiger partial charge in [0.2, 0.25) is 0 Å². The maximum Gasteiger partial charge on any atom is 0.358 e. The summed E-state index contributed by atoms with van der Waals surface area (Å²) in [5.74, 6) is -0.0533. The Morgan fingerprint density at radius 1 is 1.62 bits per heavy atom. The molecule has 4 heteroatoms. The van der Waals surface area contributed by atoms with Crippen LogP contribution in [-0.2, 0) is 4.74 Å². The average molecular weight is 216 g/mol. The number of pyridine rings is 1. The molecule has 0 N–H and O–H groups in total.